The fraction of sp³-hybridized carbons (Fsp3) is 1.00. The first-order chi connectivity index (χ1) is 6.79. The Morgan fingerprint density at radius 2 is 1.86 bits per heavy atom. The minimum absolute atomic E-state index is 0.803. The third-order valence-electron chi connectivity index (χ3n) is 3.80. The summed E-state index contributed by atoms with van der Waals surface area (Å²) >= 11 is 0. The van der Waals surface area contributed by atoms with Gasteiger partial charge in [-0.1, -0.05) is 6.92 Å². The molecule has 0 aromatic carbocycles. The van der Waals surface area contributed by atoms with Crippen LogP contribution in [0.25, 0.3) is 0 Å². The molecule has 2 rings (SSSR count). The maximum Gasteiger partial charge on any atom is 0.00953 e. The van der Waals surface area contributed by atoms with Crippen LogP contribution in [0.2, 0.25) is 0 Å². The summed E-state index contributed by atoms with van der Waals surface area (Å²) in [7, 11) is 2.23. The fourth-order valence-electron chi connectivity index (χ4n) is 2.56. The molecular formula is C12H24N2. The molecule has 0 spiro atoms. The Bertz CT molecular complexity index is 169. The highest BCUT2D eigenvalue weighted by Gasteiger charge is 2.31. The Hall–Kier alpha value is -0.0800. The summed E-state index contributed by atoms with van der Waals surface area (Å²) in [6.07, 6.45) is 6.95. The third kappa shape index (κ3) is 2.71. The van der Waals surface area contributed by atoms with Crippen molar-refractivity contribution >= 4 is 0 Å². The standard InChI is InChI=1S/C12H24N2/c1-3-12(10-4-5-10)13-11-6-8-14(2)9-7-11/h10-13H,3-9H2,1-2H3. The van der Waals surface area contributed by atoms with E-state index in [1.54, 1.807) is 0 Å². The normalized spacial score (nSPS) is 27.9. The number of likely N-dealkylation sites (tertiary alicyclic amines) is 1. The zero-order chi connectivity index (χ0) is 9.97. The lowest BCUT2D eigenvalue weighted by molar-refractivity contribution is 0.218. The molecule has 1 heterocycles. The molecule has 1 saturated heterocycles. The summed E-state index contributed by atoms with van der Waals surface area (Å²) in [4.78, 5) is 2.44. The maximum absolute atomic E-state index is 3.86. The van der Waals surface area contributed by atoms with Gasteiger partial charge in [-0.15, -0.1) is 0 Å². The van der Waals surface area contributed by atoms with Gasteiger partial charge in [-0.05, 0) is 58.2 Å². The Kier molecular flexibility index (Phi) is 3.45. The maximum atomic E-state index is 3.86. The van der Waals surface area contributed by atoms with Gasteiger partial charge in [0.25, 0.3) is 0 Å². The van der Waals surface area contributed by atoms with Crippen molar-refractivity contribution in [2.75, 3.05) is 20.1 Å². The number of nitrogens with one attached hydrogen (secondary N) is 1. The molecule has 0 aromatic heterocycles. The smallest absolute Gasteiger partial charge is 0.00953 e. The van der Waals surface area contributed by atoms with Gasteiger partial charge in [-0.3, -0.25) is 0 Å². The van der Waals surface area contributed by atoms with E-state index in [2.05, 4.69) is 24.2 Å². The minimum atomic E-state index is 0.803. The monoisotopic (exact) mass is 196 g/mol. The van der Waals surface area contributed by atoms with Crippen molar-refractivity contribution in [2.45, 2.75) is 51.1 Å². The number of hydrogen-bond acceptors (Lipinski definition) is 2. The van der Waals surface area contributed by atoms with Crippen LogP contribution in [0.15, 0.2) is 0 Å². The van der Waals surface area contributed by atoms with E-state index in [1.165, 1.54) is 45.2 Å². The van der Waals surface area contributed by atoms with E-state index < -0.39 is 0 Å². The molecule has 0 aromatic rings. The van der Waals surface area contributed by atoms with Crippen LogP contribution in [0.5, 0.6) is 0 Å². The van der Waals surface area contributed by atoms with Gasteiger partial charge in [0.15, 0.2) is 0 Å². The molecule has 1 N–H and O–H groups in total. The van der Waals surface area contributed by atoms with E-state index in [0.29, 0.717) is 0 Å². The van der Waals surface area contributed by atoms with Gasteiger partial charge in [0.2, 0.25) is 0 Å². The van der Waals surface area contributed by atoms with Crippen LogP contribution in [0.1, 0.15) is 39.0 Å². The molecule has 82 valence electrons. The van der Waals surface area contributed by atoms with E-state index in [9.17, 15) is 0 Å². The lowest BCUT2D eigenvalue weighted by atomic mass is 10.0. The largest absolute Gasteiger partial charge is 0.311 e. The summed E-state index contributed by atoms with van der Waals surface area (Å²) in [6, 6.07) is 1.63. The summed E-state index contributed by atoms with van der Waals surface area (Å²) in [5, 5.41) is 3.86. The first-order valence-electron chi connectivity index (χ1n) is 6.24. The molecule has 1 aliphatic heterocycles. The zero-order valence-electron chi connectivity index (χ0n) is 9.63. The predicted molar refractivity (Wildman–Crippen MR) is 60.5 cm³/mol. The highest BCUT2D eigenvalue weighted by Crippen LogP contribution is 2.34. The van der Waals surface area contributed by atoms with Crippen LogP contribution < -0.4 is 5.32 Å². The molecule has 1 saturated carbocycles. The van der Waals surface area contributed by atoms with Crippen LogP contribution in [-0.4, -0.2) is 37.1 Å². The lowest BCUT2D eigenvalue weighted by Crippen LogP contribution is -2.45. The van der Waals surface area contributed by atoms with Gasteiger partial charge in [0.1, 0.15) is 0 Å². The Morgan fingerprint density at radius 1 is 1.21 bits per heavy atom. The average Bonchev–Trinajstić information content (AvgIpc) is 3.01. The summed E-state index contributed by atoms with van der Waals surface area (Å²) in [5.41, 5.74) is 0. The molecule has 1 unspecified atom stereocenters. The van der Waals surface area contributed by atoms with Gasteiger partial charge >= 0.3 is 0 Å². The fourth-order valence-corrected chi connectivity index (χ4v) is 2.56. The van der Waals surface area contributed by atoms with Crippen LogP contribution in [0.3, 0.4) is 0 Å². The van der Waals surface area contributed by atoms with Crippen molar-refractivity contribution in [3.05, 3.63) is 0 Å². The second-order valence-electron chi connectivity index (χ2n) is 5.10. The van der Waals surface area contributed by atoms with E-state index in [0.717, 1.165) is 18.0 Å². The van der Waals surface area contributed by atoms with Crippen molar-refractivity contribution < 1.29 is 0 Å². The van der Waals surface area contributed by atoms with Gasteiger partial charge in [-0.2, -0.15) is 0 Å². The lowest BCUT2D eigenvalue weighted by Gasteiger charge is -2.32. The SMILES string of the molecule is CCC(NC1CCN(C)CC1)C1CC1. The number of piperidine rings is 1. The Labute approximate surface area is 88.1 Å². The molecule has 0 amide bonds. The number of hydrogen-bond donors (Lipinski definition) is 1. The van der Waals surface area contributed by atoms with Crippen LogP contribution in [0, 0.1) is 5.92 Å². The molecule has 2 fully saturated rings. The Morgan fingerprint density at radius 3 is 2.36 bits per heavy atom. The van der Waals surface area contributed by atoms with Crippen LogP contribution in [0.4, 0.5) is 0 Å². The Balaban J connectivity index is 1.72. The van der Waals surface area contributed by atoms with E-state index in [1.807, 2.05) is 0 Å². The first kappa shape index (κ1) is 10.4. The molecule has 2 aliphatic rings. The van der Waals surface area contributed by atoms with Crippen molar-refractivity contribution in [3.63, 3.8) is 0 Å². The topological polar surface area (TPSA) is 15.3 Å². The zero-order valence-corrected chi connectivity index (χ0v) is 9.63. The van der Waals surface area contributed by atoms with Crippen molar-refractivity contribution in [2.24, 2.45) is 5.92 Å². The van der Waals surface area contributed by atoms with Gasteiger partial charge in [0.05, 0.1) is 0 Å². The molecular weight excluding hydrogens is 172 g/mol. The second-order valence-corrected chi connectivity index (χ2v) is 5.10. The second kappa shape index (κ2) is 4.63. The van der Waals surface area contributed by atoms with E-state index >= 15 is 0 Å². The quantitative estimate of drug-likeness (QED) is 0.738. The molecule has 0 radical (unpaired) electrons. The summed E-state index contributed by atoms with van der Waals surface area (Å²) in [5.74, 6) is 1.01. The van der Waals surface area contributed by atoms with Gasteiger partial charge in [0, 0.05) is 12.1 Å². The first-order valence-corrected chi connectivity index (χ1v) is 6.24. The molecule has 0 bridgehead atoms. The predicted octanol–water partition coefficient (Wildman–Crippen LogP) is 1.86. The molecule has 2 heteroatoms. The number of rotatable bonds is 4. The molecule has 14 heavy (non-hydrogen) atoms. The van der Waals surface area contributed by atoms with Crippen molar-refractivity contribution in [3.8, 4) is 0 Å². The summed E-state index contributed by atoms with van der Waals surface area (Å²) < 4.78 is 0. The molecule has 2 nitrogen and oxygen atoms in total. The average molecular weight is 196 g/mol. The van der Waals surface area contributed by atoms with Crippen molar-refractivity contribution in [1.82, 2.24) is 10.2 Å². The highest BCUT2D eigenvalue weighted by molar-refractivity contribution is 4.88. The van der Waals surface area contributed by atoms with E-state index in [4.69, 9.17) is 0 Å². The molecule has 1 atom stereocenters. The van der Waals surface area contributed by atoms with Gasteiger partial charge in [-0.25, -0.2) is 0 Å². The van der Waals surface area contributed by atoms with Crippen molar-refractivity contribution in [1.29, 1.82) is 0 Å². The van der Waals surface area contributed by atoms with Gasteiger partial charge < -0.3 is 10.2 Å². The molecule has 1 aliphatic carbocycles. The van der Waals surface area contributed by atoms with Crippen LogP contribution >= 0.6 is 0 Å². The third-order valence-corrected chi connectivity index (χ3v) is 3.80. The van der Waals surface area contributed by atoms with E-state index in [-0.39, 0.29) is 0 Å². The highest BCUT2D eigenvalue weighted by atomic mass is 15.1. The number of nitrogens with zero attached hydrogens (tertiary/aromatic N) is 1. The van der Waals surface area contributed by atoms with Crippen LogP contribution in [-0.2, 0) is 0 Å². The summed E-state index contributed by atoms with van der Waals surface area (Å²) in [6.45, 7) is 4.88. The minimum Gasteiger partial charge on any atom is -0.311 e.